The molecule has 14 heteroatoms. The highest BCUT2D eigenvalue weighted by atomic mass is 16.5. The molecule has 0 aliphatic carbocycles. The molecule has 10 N–H and O–H groups in total. The number of carboxylic acids is 1. The highest BCUT2D eigenvalue weighted by molar-refractivity contribution is 5.92. The van der Waals surface area contributed by atoms with Crippen molar-refractivity contribution in [2.45, 2.75) is 76.0 Å². The Bertz CT molecular complexity index is 732. The normalized spacial score (nSPS) is 14.1. The van der Waals surface area contributed by atoms with Gasteiger partial charge in [0.2, 0.25) is 23.6 Å². The lowest BCUT2D eigenvalue weighted by molar-refractivity contribution is -0.146. The summed E-state index contributed by atoms with van der Waals surface area (Å²) in [6.45, 7) is 1.76. The molecule has 0 heterocycles. The van der Waals surface area contributed by atoms with Crippen molar-refractivity contribution in [1.29, 1.82) is 0 Å². The number of rotatable bonds is 17. The molecule has 4 amide bonds. The molecule has 0 bridgehead atoms. The van der Waals surface area contributed by atoms with E-state index in [1.165, 1.54) is 6.92 Å². The number of nitrogens with one attached hydrogen (secondary N) is 3. The molecule has 0 aliphatic heterocycles. The van der Waals surface area contributed by atoms with Crippen molar-refractivity contribution in [3.63, 3.8) is 0 Å². The number of ether oxygens (including phenoxy) is 1. The van der Waals surface area contributed by atoms with Crippen LogP contribution in [-0.4, -0.2) is 78.5 Å². The Morgan fingerprint density at radius 2 is 1.53 bits per heavy atom. The standard InChI is InChI=1S/C20H36N6O8/c1-11(24-18(30)12(22)6-8-15(23)27)17(29)26-14(20(33)34-2)7-9-16(28)25-13(19(31)32)5-3-4-10-21/h11-14H,3-10,21-22H2,1-2H3,(H2,23,27)(H,24,30)(H,25,28)(H,26,29)(H,31,32)/t11-,12-,13-,14-/m0/s1. The summed E-state index contributed by atoms with van der Waals surface area (Å²) < 4.78 is 4.64. The molecule has 0 spiro atoms. The van der Waals surface area contributed by atoms with Gasteiger partial charge in [0.1, 0.15) is 18.1 Å². The van der Waals surface area contributed by atoms with E-state index in [-0.39, 0.29) is 32.1 Å². The number of carboxylic acid groups (broad SMARTS) is 1. The summed E-state index contributed by atoms with van der Waals surface area (Å²) in [5.74, 6) is -4.68. The van der Waals surface area contributed by atoms with Crippen LogP contribution in [0.25, 0.3) is 0 Å². The first-order chi connectivity index (χ1) is 15.9. The predicted octanol–water partition coefficient (Wildman–Crippen LogP) is -2.78. The molecule has 0 aromatic heterocycles. The van der Waals surface area contributed by atoms with Gasteiger partial charge in [-0.15, -0.1) is 0 Å². The third-order valence-corrected chi connectivity index (χ3v) is 4.83. The van der Waals surface area contributed by atoms with Gasteiger partial charge in [0.25, 0.3) is 0 Å². The second kappa shape index (κ2) is 16.4. The molecule has 4 atom stereocenters. The maximum absolute atomic E-state index is 12.4. The van der Waals surface area contributed by atoms with Crippen LogP contribution < -0.4 is 33.2 Å². The van der Waals surface area contributed by atoms with Gasteiger partial charge in [0.15, 0.2) is 0 Å². The van der Waals surface area contributed by atoms with Crippen molar-refractivity contribution in [2.75, 3.05) is 13.7 Å². The monoisotopic (exact) mass is 488 g/mol. The summed E-state index contributed by atoms with van der Waals surface area (Å²) in [6, 6.07) is -4.46. The van der Waals surface area contributed by atoms with Gasteiger partial charge in [-0.05, 0) is 45.6 Å². The van der Waals surface area contributed by atoms with E-state index in [0.29, 0.717) is 19.4 Å². The van der Waals surface area contributed by atoms with Crippen LogP contribution in [0.1, 0.15) is 51.9 Å². The molecular weight excluding hydrogens is 452 g/mol. The largest absolute Gasteiger partial charge is 0.480 e. The van der Waals surface area contributed by atoms with Crippen molar-refractivity contribution in [1.82, 2.24) is 16.0 Å². The smallest absolute Gasteiger partial charge is 0.328 e. The summed E-state index contributed by atoms with van der Waals surface area (Å²) in [5.41, 5.74) is 16.0. The third kappa shape index (κ3) is 12.7. The van der Waals surface area contributed by atoms with E-state index in [0.717, 1.165) is 7.11 Å². The van der Waals surface area contributed by atoms with Gasteiger partial charge in [0.05, 0.1) is 13.2 Å². The van der Waals surface area contributed by atoms with Crippen LogP contribution in [0.15, 0.2) is 0 Å². The van der Waals surface area contributed by atoms with Gasteiger partial charge in [-0.2, -0.15) is 0 Å². The van der Waals surface area contributed by atoms with Gasteiger partial charge in [-0.1, -0.05) is 0 Å². The Morgan fingerprint density at radius 3 is 2.06 bits per heavy atom. The number of methoxy groups -OCH3 is 1. The van der Waals surface area contributed by atoms with Crippen LogP contribution in [0, 0.1) is 0 Å². The Balaban J connectivity index is 4.85. The lowest BCUT2D eigenvalue weighted by Crippen LogP contribution is -2.53. The van der Waals surface area contributed by atoms with Crippen LogP contribution in [0.5, 0.6) is 0 Å². The van der Waals surface area contributed by atoms with Gasteiger partial charge in [-0.3, -0.25) is 19.2 Å². The van der Waals surface area contributed by atoms with Crippen molar-refractivity contribution >= 4 is 35.6 Å². The maximum atomic E-state index is 12.4. The van der Waals surface area contributed by atoms with E-state index in [1.54, 1.807) is 0 Å². The average molecular weight is 489 g/mol. The fourth-order valence-corrected chi connectivity index (χ4v) is 2.79. The van der Waals surface area contributed by atoms with E-state index >= 15 is 0 Å². The molecule has 0 saturated heterocycles. The molecule has 0 radical (unpaired) electrons. The number of unbranched alkanes of at least 4 members (excludes halogenated alkanes) is 1. The van der Waals surface area contributed by atoms with Crippen LogP contribution in [0.3, 0.4) is 0 Å². The third-order valence-electron chi connectivity index (χ3n) is 4.83. The molecule has 0 aromatic rings. The number of amides is 4. The second-order valence-corrected chi connectivity index (χ2v) is 7.71. The minimum absolute atomic E-state index is 0.00103. The zero-order valence-electron chi connectivity index (χ0n) is 19.5. The quantitative estimate of drug-likeness (QED) is 0.0819. The zero-order chi connectivity index (χ0) is 26.3. The SMILES string of the molecule is COC(=O)[C@H](CCC(=O)N[C@@H](CCCCN)C(=O)O)NC(=O)[C@H](C)NC(=O)[C@@H](N)CCC(N)=O. The summed E-state index contributed by atoms with van der Waals surface area (Å²) >= 11 is 0. The number of hydrogen-bond donors (Lipinski definition) is 7. The number of hydrogen-bond acceptors (Lipinski definition) is 9. The highest BCUT2D eigenvalue weighted by Crippen LogP contribution is 2.05. The van der Waals surface area contributed by atoms with E-state index in [1.807, 2.05) is 0 Å². The second-order valence-electron chi connectivity index (χ2n) is 7.71. The lowest BCUT2D eigenvalue weighted by atomic mass is 10.1. The Hall–Kier alpha value is -3.26. The van der Waals surface area contributed by atoms with Crippen molar-refractivity contribution in [2.24, 2.45) is 17.2 Å². The summed E-state index contributed by atoms with van der Waals surface area (Å²) in [5, 5.41) is 16.3. The fraction of sp³-hybridized carbons (Fsp3) is 0.700. The van der Waals surface area contributed by atoms with E-state index < -0.39 is 59.7 Å². The van der Waals surface area contributed by atoms with Gasteiger partial charge in [0, 0.05) is 12.8 Å². The minimum Gasteiger partial charge on any atom is -0.480 e. The van der Waals surface area contributed by atoms with E-state index in [2.05, 4.69) is 20.7 Å². The molecule has 14 nitrogen and oxygen atoms in total. The molecular formula is C20H36N6O8. The zero-order valence-corrected chi connectivity index (χ0v) is 19.5. The van der Waals surface area contributed by atoms with Crippen LogP contribution in [-0.2, 0) is 33.5 Å². The van der Waals surface area contributed by atoms with Crippen molar-refractivity contribution < 1.29 is 38.6 Å². The number of nitrogens with two attached hydrogens (primary N) is 3. The molecule has 0 aliphatic rings. The predicted molar refractivity (Wildman–Crippen MR) is 120 cm³/mol. The first-order valence-electron chi connectivity index (χ1n) is 10.9. The number of carbonyl (C=O) groups is 6. The van der Waals surface area contributed by atoms with Gasteiger partial charge >= 0.3 is 11.9 Å². The summed E-state index contributed by atoms with van der Waals surface area (Å²) in [4.78, 5) is 70.8. The number of esters is 1. The van der Waals surface area contributed by atoms with E-state index in [4.69, 9.17) is 17.2 Å². The van der Waals surface area contributed by atoms with Gasteiger partial charge in [-0.25, -0.2) is 9.59 Å². The molecule has 0 aromatic carbocycles. The number of carbonyl (C=O) groups excluding carboxylic acids is 5. The van der Waals surface area contributed by atoms with Crippen LogP contribution >= 0.6 is 0 Å². The summed E-state index contributed by atoms with van der Waals surface area (Å²) in [7, 11) is 1.10. The van der Waals surface area contributed by atoms with Crippen molar-refractivity contribution in [3.05, 3.63) is 0 Å². The Kier molecular flexibility index (Phi) is 14.8. The first kappa shape index (κ1) is 30.7. The maximum Gasteiger partial charge on any atom is 0.328 e. The Labute approximate surface area is 197 Å². The molecule has 0 fully saturated rings. The molecule has 0 unspecified atom stereocenters. The van der Waals surface area contributed by atoms with Crippen molar-refractivity contribution in [3.8, 4) is 0 Å². The van der Waals surface area contributed by atoms with Gasteiger partial charge < -0.3 is 43.0 Å². The van der Waals surface area contributed by atoms with Crippen LogP contribution in [0.4, 0.5) is 0 Å². The molecule has 0 rings (SSSR count). The number of aliphatic carboxylic acids is 1. The molecule has 0 saturated carbocycles. The molecule has 34 heavy (non-hydrogen) atoms. The lowest BCUT2D eigenvalue weighted by Gasteiger charge is -2.21. The first-order valence-corrected chi connectivity index (χ1v) is 10.9. The summed E-state index contributed by atoms with van der Waals surface area (Å²) in [6.07, 6.45) is 0.799. The number of primary amides is 1. The van der Waals surface area contributed by atoms with Crippen LogP contribution in [0.2, 0.25) is 0 Å². The highest BCUT2D eigenvalue weighted by Gasteiger charge is 2.27. The van der Waals surface area contributed by atoms with E-state index in [9.17, 15) is 33.9 Å². The molecule has 194 valence electrons. The minimum atomic E-state index is -1.22. The average Bonchev–Trinajstić information content (AvgIpc) is 2.78. The fourth-order valence-electron chi connectivity index (χ4n) is 2.79. The topological polar surface area (TPSA) is 246 Å². The Morgan fingerprint density at radius 1 is 0.882 bits per heavy atom.